The Labute approximate surface area is 63.0 Å². The van der Waals surface area contributed by atoms with Crippen molar-refractivity contribution in [3.8, 4) is 0 Å². The van der Waals surface area contributed by atoms with Crippen LogP contribution in [0.5, 0.6) is 0 Å². The van der Waals surface area contributed by atoms with Crippen molar-refractivity contribution in [3.05, 3.63) is 12.2 Å². The van der Waals surface area contributed by atoms with Gasteiger partial charge in [-0.2, -0.15) is 0 Å². The summed E-state index contributed by atoms with van der Waals surface area (Å²) < 4.78 is 0. The van der Waals surface area contributed by atoms with Crippen LogP contribution in [0.3, 0.4) is 0 Å². The minimum Gasteiger partial charge on any atom is -0.478 e. The van der Waals surface area contributed by atoms with E-state index in [9.17, 15) is 9.59 Å². The third kappa shape index (κ3) is 30.0. The Morgan fingerprint density at radius 1 is 1.09 bits per heavy atom. The maximum Gasteiger partial charge on any atom is 0.328 e. The summed E-state index contributed by atoms with van der Waals surface area (Å²) in [4.78, 5) is 27.9. The molecule has 0 aromatic carbocycles. The smallest absolute Gasteiger partial charge is 0.328 e. The zero-order chi connectivity index (χ0) is 9.28. The van der Waals surface area contributed by atoms with Crippen LogP contribution in [0.1, 0.15) is 6.92 Å². The van der Waals surface area contributed by atoms with Crippen LogP contribution in [0.4, 0.5) is 0 Å². The highest BCUT2D eigenvalue weighted by Gasteiger charge is 1.88. The maximum absolute atomic E-state index is 9.55. The van der Waals surface area contributed by atoms with Gasteiger partial charge in [-0.25, -0.2) is 9.59 Å². The number of hydrogen-bond acceptors (Lipinski definition) is 3. The van der Waals surface area contributed by atoms with E-state index in [4.69, 9.17) is 15.0 Å². The van der Waals surface area contributed by atoms with E-state index < -0.39 is 11.9 Å². The molecular weight excluding hydrogens is 152 g/mol. The molecule has 2 N–H and O–H groups in total. The molecule has 5 heteroatoms. The number of hydrogen-bond donors (Lipinski definition) is 2. The van der Waals surface area contributed by atoms with Crippen LogP contribution >= 0.6 is 0 Å². The van der Waals surface area contributed by atoms with Crippen LogP contribution in [0, 0.1) is 0 Å². The van der Waals surface area contributed by atoms with Gasteiger partial charge in [-0.15, -0.1) is 0 Å². The summed E-state index contributed by atoms with van der Waals surface area (Å²) in [7, 11) is 0. The Balaban J connectivity index is 0. The Hall–Kier alpha value is -1.65. The van der Waals surface area contributed by atoms with E-state index in [1.165, 1.54) is 6.92 Å². The molecule has 0 saturated carbocycles. The molecule has 0 bridgehead atoms. The molecule has 11 heavy (non-hydrogen) atoms. The molecule has 0 radical (unpaired) electrons. The Morgan fingerprint density at radius 3 is 1.36 bits per heavy atom. The van der Waals surface area contributed by atoms with Crippen LogP contribution < -0.4 is 0 Å². The van der Waals surface area contributed by atoms with Crippen molar-refractivity contribution < 1.29 is 24.6 Å². The Morgan fingerprint density at radius 2 is 1.27 bits per heavy atom. The van der Waals surface area contributed by atoms with E-state index in [-0.39, 0.29) is 0 Å². The molecule has 0 aliphatic rings. The molecule has 0 amide bonds. The average Bonchev–Trinajstić information content (AvgIpc) is 1.85. The van der Waals surface area contributed by atoms with Crippen molar-refractivity contribution in [2.75, 3.05) is 0 Å². The fourth-order valence-corrected chi connectivity index (χ4v) is 0.143. The molecule has 0 aromatic heterocycles. The first-order valence-corrected chi connectivity index (χ1v) is 2.58. The number of aldehydes is 1. The lowest BCUT2D eigenvalue weighted by Crippen LogP contribution is -1.91. The molecule has 0 heterocycles. The second kappa shape index (κ2) is 8.35. The van der Waals surface area contributed by atoms with Gasteiger partial charge in [-0.05, 0) is 6.92 Å². The zero-order valence-corrected chi connectivity index (χ0v) is 5.85. The monoisotopic (exact) mass is 160 g/mol. The Bertz CT molecular complexity index is 154. The van der Waals surface area contributed by atoms with E-state index in [2.05, 4.69) is 0 Å². The zero-order valence-electron chi connectivity index (χ0n) is 5.85. The van der Waals surface area contributed by atoms with Crippen molar-refractivity contribution >= 4 is 18.2 Å². The van der Waals surface area contributed by atoms with Crippen molar-refractivity contribution in [2.24, 2.45) is 0 Å². The average molecular weight is 160 g/mol. The van der Waals surface area contributed by atoms with Crippen LogP contribution in [0.25, 0.3) is 0 Å². The maximum atomic E-state index is 9.55. The summed E-state index contributed by atoms with van der Waals surface area (Å²) in [6.45, 7) is 1.44. The summed E-state index contributed by atoms with van der Waals surface area (Å²) >= 11 is 0. The van der Waals surface area contributed by atoms with E-state index in [1.54, 1.807) is 0 Å². The molecule has 0 fully saturated rings. The second-order valence-corrected chi connectivity index (χ2v) is 1.25. The quantitative estimate of drug-likeness (QED) is 0.435. The fourth-order valence-electron chi connectivity index (χ4n) is 0.143. The van der Waals surface area contributed by atoms with Crippen molar-refractivity contribution in [1.29, 1.82) is 0 Å². The summed E-state index contributed by atoms with van der Waals surface area (Å²) in [6.07, 6.45) is 1.87. The molecule has 62 valence electrons. The van der Waals surface area contributed by atoms with E-state index in [0.29, 0.717) is 12.2 Å². The third-order valence-corrected chi connectivity index (χ3v) is 0.368. The number of carbonyl (C=O) groups is 3. The van der Waals surface area contributed by atoms with Crippen molar-refractivity contribution in [2.45, 2.75) is 6.92 Å². The molecule has 5 nitrogen and oxygen atoms in total. The summed E-state index contributed by atoms with van der Waals surface area (Å²) in [5.74, 6) is -2.51. The number of carboxylic acid groups (broad SMARTS) is 2. The van der Waals surface area contributed by atoms with Crippen molar-refractivity contribution in [1.82, 2.24) is 0 Å². The first-order chi connectivity index (χ1) is 5.04. The highest BCUT2D eigenvalue weighted by molar-refractivity contribution is 5.89. The Kier molecular flexibility index (Phi) is 9.16. The van der Waals surface area contributed by atoms with Gasteiger partial charge in [0.05, 0.1) is 0 Å². The lowest BCUT2D eigenvalue weighted by Gasteiger charge is -1.74. The molecule has 0 spiro atoms. The molecular formula is C6H8O5. The first-order valence-electron chi connectivity index (χ1n) is 2.58. The third-order valence-electron chi connectivity index (χ3n) is 0.368. The molecule has 0 aromatic rings. The first kappa shape index (κ1) is 12.1. The predicted molar refractivity (Wildman–Crippen MR) is 36.1 cm³/mol. The molecule has 0 unspecified atom stereocenters. The topological polar surface area (TPSA) is 91.7 Å². The van der Waals surface area contributed by atoms with E-state index >= 15 is 0 Å². The fraction of sp³-hybridized carbons (Fsp3) is 0.167. The minimum atomic E-state index is -1.26. The second-order valence-electron chi connectivity index (χ2n) is 1.25. The minimum absolute atomic E-state index is 0.558. The summed E-state index contributed by atoms with van der Waals surface area (Å²) in [5.41, 5.74) is 0. The SMILES string of the molecule is CC=O.O=C(O)/C=C/C(=O)O. The predicted octanol–water partition coefficient (Wildman–Crippen LogP) is -0.0830. The van der Waals surface area contributed by atoms with Gasteiger partial charge in [-0.1, -0.05) is 0 Å². The van der Waals surface area contributed by atoms with Gasteiger partial charge in [0.1, 0.15) is 6.29 Å². The lowest BCUT2D eigenvalue weighted by molar-refractivity contribution is -0.134. The number of aliphatic carboxylic acids is 2. The molecule has 0 rings (SSSR count). The highest BCUT2D eigenvalue weighted by atomic mass is 16.4. The van der Waals surface area contributed by atoms with Crippen LogP contribution in [-0.2, 0) is 14.4 Å². The van der Waals surface area contributed by atoms with Gasteiger partial charge in [0.15, 0.2) is 0 Å². The molecule has 0 aliphatic heterocycles. The highest BCUT2D eigenvalue weighted by Crippen LogP contribution is 1.70. The molecule has 0 aliphatic carbocycles. The molecule has 0 atom stereocenters. The summed E-state index contributed by atoms with van der Waals surface area (Å²) in [5, 5.41) is 15.6. The molecule has 0 saturated heterocycles. The number of carbonyl (C=O) groups excluding carboxylic acids is 1. The van der Waals surface area contributed by atoms with Gasteiger partial charge >= 0.3 is 11.9 Å². The van der Waals surface area contributed by atoms with Crippen molar-refractivity contribution in [3.63, 3.8) is 0 Å². The van der Waals surface area contributed by atoms with Crippen LogP contribution in [-0.4, -0.2) is 28.4 Å². The van der Waals surface area contributed by atoms with Gasteiger partial charge in [0.25, 0.3) is 0 Å². The lowest BCUT2D eigenvalue weighted by atomic mass is 10.5. The number of rotatable bonds is 2. The van der Waals surface area contributed by atoms with E-state index in [0.717, 1.165) is 6.29 Å². The van der Waals surface area contributed by atoms with Gasteiger partial charge in [0.2, 0.25) is 0 Å². The van der Waals surface area contributed by atoms with Gasteiger partial charge < -0.3 is 15.0 Å². The van der Waals surface area contributed by atoms with Gasteiger partial charge in [0, 0.05) is 12.2 Å². The summed E-state index contributed by atoms with van der Waals surface area (Å²) in [6, 6.07) is 0. The van der Waals surface area contributed by atoms with Crippen LogP contribution in [0.2, 0.25) is 0 Å². The van der Waals surface area contributed by atoms with E-state index in [1.807, 2.05) is 0 Å². The number of carboxylic acids is 2. The largest absolute Gasteiger partial charge is 0.478 e. The standard InChI is InChI=1S/C4H4O4.C2H4O/c5-3(6)1-2-4(7)8;1-2-3/h1-2H,(H,5,6)(H,7,8);2H,1H3/b2-1+;. The normalized spacial score (nSPS) is 8.09. The van der Waals surface area contributed by atoms with Crippen LogP contribution in [0.15, 0.2) is 12.2 Å². The van der Waals surface area contributed by atoms with Gasteiger partial charge in [-0.3, -0.25) is 0 Å².